The highest BCUT2D eigenvalue weighted by Gasteiger charge is 2.06. The number of furan rings is 1. The van der Waals surface area contributed by atoms with E-state index in [0.29, 0.717) is 0 Å². The average molecular weight is 296 g/mol. The quantitative estimate of drug-likeness (QED) is 0.794. The van der Waals surface area contributed by atoms with Crippen LogP contribution in [0.2, 0.25) is 0 Å². The summed E-state index contributed by atoms with van der Waals surface area (Å²) in [6.45, 7) is 5.67. The molecule has 1 unspecified atom stereocenters. The topological polar surface area (TPSA) is 45.4 Å². The van der Waals surface area contributed by atoms with Gasteiger partial charge in [0.15, 0.2) is 0 Å². The van der Waals surface area contributed by atoms with E-state index in [0.717, 1.165) is 42.2 Å². The van der Waals surface area contributed by atoms with E-state index in [9.17, 15) is 5.11 Å². The minimum atomic E-state index is -0.431. The minimum absolute atomic E-state index is 0. The van der Waals surface area contributed by atoms with Crippen LogP contribution in [0, 0.1) is 0 Å². The number of rotatable bonds is 6. The molecule has 20 heavy (non-hydrogen) atoms. The number of aliphatic hydroxyl groups is 1. The fourth-order valence-electron chi connectivity index (χ4n) is 1.94. The van der Waals surface area contributed by atoms with Crippen molar-refractivity contribution >= 4 is 12.4 Å². The van der Waals surface area contributed by atoms with Gasteiger partial charge in [-0.15, -0.1) is 12.4 Å². The van der Waals surface area contributed by atoms with Crippen molar-refractivity contribution in [1.82, 2.24) is 5.32 Å². The molecule has 0 aliphatic rings. The second kappa shape index (κ2) is 8.10. The third kappa shape index (κ3) is 4.37. The van der Waals surface area contributed by atoms with Crippen LogP contribution in [0.3, 0.4) is 0 Å². The van der Waals surface area contributed by atoms with Crippen LogP contribution in [0.1, 0.15) is 37.7 Å². The van der Waals surface area contributed by atoms with Gasteiger partial charge in [0.25, 0.3) is 0 Å². The second-order valence-corrected chi connectivity index (χ2v) is 4.74. The first-order valence-electron chi connectivity index (χ1n) is 6.78. The van der Waals surface area contributed by atoms with E-state index in [1.165, 1.54) is 0 Å². The molecule has 0 amide bonds. The summed E-state index contributed by atoms with van der Waals surface area (Å²) in [6.07, 6.45) is 0.688. The van der Waals surface area contributed by atoms with Crippen molar-refractivity contribution in [3.05, 3.63) is 47.7 Å². The van der Waals surface area contributed by atoms with Gasteiger partial charge in [0.2, 0.25) is 0 Å². The lowest BCUT2D eigenvalue weighted by Gasteiger charge is -2.05. The molecule has 0 saturated heterocycles. The maximum atomic E-state index is 9.48. The van der Waals surface area contributed by atoms with Gasteiger partial charge in [0, 0.05) is 5.56 Å². The van der Waals surface area contributed by atoms with Crippen LogP contribution in [-0.4, -0.2) is 11.7 Å². The van der Waals surface area contributed by atoms with Gasteiger partial charge in [-0.05, 0) is 37.6 Å². The lowest BCUT2D eigenvalue weighted by Crippen LogP contribution is -2.12. The zero-order valence-electron chi connectivity index (χ0n) is 11.9. The van der Waals surface area contributed by atoms with Crippen molar-refractivity contribution in [2.45, 2.75) is 32.9 Å². The summed E-state index contributed by atoms with van der Waals surface area (Å²) in [5.74, 6) is 1.81. The number of aliphatic hydroxyl groups excluding tert-OH is 1. The molecule has 0 fully saturated rings. The first kappa shape index (κ1) is 16.8. The van der Waals surface area contributed by atoms with Crippen molar-refractivity contribution in [1.29, 1.82) is 0 Å². The van der Waals surface area contributed by atoms with Gasteiger partial charge in [-0.2, -0.15) is 0 Å². The monoisotopic (exact) mass is 295 g/mol. The third-order valence-corrected chi connectivity index (χ3v) is 3.07. The Balaban J connectivity index is 0.00000200. The molecule has 4 heteroatoms. The highest BCUT2D eigenvalue weighted by atomic mass is 35.5. The lowest BCUT2D eigenvalue weighted by molar-refractivity contribution is 0.199. The summed E-state index contributed by atoms with van der Waals surface area (Å²) in [6, 6.07) is 11.8. The largest absolute Gasteiger partial charge is 0.460 e. The van der Waals surface area contributed by atoms with Crippen LogP contribution >= 0.6 is 12.4 Å². The fourth-order valence-corrected chi connectivity index (χ4v) is 1.94. The SMILES string of the molecule is CCCNCc1ccc(-c2ccc(C(C)O)cc2)o1.Cl. The second-order valence-electron chi connectivity index (χ2n) is 4.74. The van der Waals surface area contributed by atoms with Crippen LogP contribution in [0.15, 0.2) is 40.8 Å². The zero-order valence-corrected chi connectivity index (χ0v) is 12.7. The maximum Gasteiger partial charge on any atom is 0.134 e. The maximum absolute atomic E-state index is 9.48. The Hall–Kier alpha value is -1.29. The summed E-state index contributed by atoms with van der Waals surface area (Å²) in [5.41, 5.74) is 1.95. The highest BCUT2D eigenvalue weighted by Crippen LogP contribution is 2.24. The number of halogens is 1. The molecule has 0 aliphatic heterocycles. The molecule has 0 spiro atoms. The van der Waals surface area contributed by atoms with Crippen LogP contribution in [0.5, 0.6) is 0 Å². The van der Waals surface area contributed by atoms with Crippen molar-refractivity contribution in [3.8, 4) is 11.3 Å². The predicted molar refractivity (Wildman–Crippen MR) is 84.0 cm³/mol. The lowest BCUT2D eigenvalue weighted by atomic mass is 10.1. The normalized spacial score (nSPS) is 11.9. The highest BCUT2D eigenvalue weighted by molar-refractivity contribution is 5.85. The molecule has 0 saturated carbocycles. The van der Waals surface area contributed by atoms with Gasteiger partial charge in [0.1, 0.15) is 11.5 Å². The molecule has 0 bridgehead atoms. The van der Waals surface area contributed by atoms with Crippen molar-refractivity contribution in [2.75, 3.05) is 6.54 Å². The Bertz CT molecular complexity index is 505. The first-order chi connectivity index (χ1) is 9.20. The molecule has 2 N–H and O–H groups in total. The Morgan fingerprint density at radius 1 is 1.15 bits per heavy atom. The zero-order chi connectivity index (χ0) is 13.7. The van der Waals surface area contributed by atoms with Gasteiger partial charge in [0.05, 0.1) is 12.6 Å². The minimum Gasteiger partial charge on any atom is -0.460 e. The molecule has 110 valence electrons. The van der Waals surface area contributed by atoms with Crippen molar-refractivity contribution in [2.24, 2.45) is 0 Å². The Morgan fingerprint density at radius 3 is 2.45 bits per heavy atom. The van der Waals surface area contributed by atoms with Gasteiger partial charge >= 0.3 is 0 Å². The Labute approximate surface area is 126 Å². The van der Waals surface area contributed by atoms with E-state index in [1.807, 2.05) is 36.4 Å². The fraction of sp³-hybridized carbons (Fsp3) is 0.375. The number of hydrogen-bond donors (Lipinski definition) is 2. The van der Waals surface area contributed by atoms with E-state index >= 15 is 0 Å². The summed E-state index contributed by atoms with van der Waals surface area (Å²) in [7, 11) is 0. The Morgan fingerprint density at radius 2 is 1.85 bits per heavy atom. The molecule has 2 aromatic rings. The molecule has 0 radical (unpaired) electrons. The summed E-state index contributed by atoms with van der Waals surface area (Å²) in [4.78, 5) is 0. The average Bonchev–Trinajstić information content (AvgIpc) is 2.88. The van der Waals surface area contributed by atoms with E-state index in [2.05, 4.69) is 12.2 Å². The molecule has 1 atom stereocenters. The molecular formula is C16H22ClNO2. The molecule has 3 nitrogen and oxygen atoms in total. The molecule has 1 aromatic carbocycles. The first-order valence-corrected chi connectivity index (χ1v) is 6.78. The smallest absolute Gasteiger partial charge is 0.134 e. The van der Waals surface area contributed by atoms with Crippen LogP contribution in [0.4, 0.5) is 0 Å². The van der Waals surface area contributed by atoms with Gasteiger partial charge in [-0.25, -0.2) is 0 Å². The van der Waals surface area contributed by atoms with E-state index < -0.39 is 6.10 Å². The van der Waals surface area contributed by atoms with Crippen molar-refractivity contribution in [3.63, 3.8) is 0 Å². The molecule has 1 aromatic heterocycles. The standard InChI is InChI=1S/C16H21NO2.ClH/c1-3-10-17-11-15-8-9-16(19-15)14-6-4-13(5-7-14)12(2)18;/h4-9,12,17-18H,3,10-11H2,1-2H3;1H. The summed E-state index contributed by atoms with van der Waals surface area (Å²) < 4.78 is 5.79. The third-order valence-electron chi connectivity index (χ3n) is 3.07. The molecular weight excluding hydrogens is 274 g/mol. The van der Waals surface area contributed by atoms with Gasteiger partial charge in [-0.1, -0.05) is 31.2 Å². The van der Waals surface area contributed by atoms with E-state index in [-0.39, 0.29) is 12.4 Å². The van der Waals surface area contributed by atoms with E-state index in [4.69, 9.17) is 4.42 Å². The van der Waals surface area contributed by atoms with Gasteiger partial charge in [-0.3, -0.25) is 0 Å². The van der Waals surface area contributed by atoms with Crippen LogP contribution < -0.4 is 5.32 Å². The molecule has 1 heterocycles. The van der Waals surface area contributed by atoms with Crippen molar-refractivity contribution < 1.29 is 9.52 Å². The van der Waals surface area contributed by atoms with Crippen LogP contribution in [-0.2, 0) is 6.54 Å². The molecule has 2 rings (SSSR count). The van der Waals surface area contributed by atoms with E-state index in [1.54, 1.807) is 6.92 Å². The molecule has 0 aliphatic carbocycles. The van der Waals surface area contributed by atoms with Crippen LogP contribution in [0.25, 0.3) is 11.3 Å². The number of hydrogen-bond acceptors (Lipinski definition) is 3. The van der Waals surface area contributed by atoms with Gasteiger partial charge < -0.3 is 14.8 Å². The predicted octanol–water partition coefficient (Wildman–Crippen LogP) is 3.92. The summed E-state index contributed by atoms with van der Waals surface area (Å²) >= 11 is 0. The number of nitrogens with one attached hydrogen (secondary N) is 1. The number of benzene rings is 1. The Kier molecular flexibility index (Phi) is 6.79. The summed E-state index contributed by atoms with van der Waals surface area (Å²) in [5, 5.41) is 12.8.